The maximum Gasteiger partial charge on any atom is 0.408 e. The van der Waals surface area contributed by atoms with Gasteiger partial charge in [0.15, 0.2) is 0 Å². The van der Waals surface area contributed by atoms with E-state index in [2.05, 4.69) is 11.9 Å². The minimum atomic E-state index is -1.09. The van der Waals surface area contributed by atoms with E-state index in [4.69, 9.17) is 14.6 Å². The molecule has 0 aromatic carbocycles. The SMILES string of the molecule is C=CCOCCC[C@@H](NC(=O)OC(C)(C)C)C(=O)O. The lowest BCUT2D eigenvalue weighted by molar-refractivity contribution is -0.139. The predicted octanol–water partition coefficient (Wildman–Crippen LogP) is 1.95. The molecule has 6 heteroatoms. The summed E-state index contributed by atoms with van der Waals surface area (Å²) in [7, 11) is 0. The molecule has 0 aromatic heterocycles. The van der Waals surface area contributed by atoms with E-state index in [0.717, 1.165) is 0 Å². The van der Waals surface area contributed by atoms with E-state index in [0.29, 0.717) is 19.6 Å². The van der Waals surface area contributed by atoms with Gasteiger partial charge >= 0.3 is 12.1 Å². The number of alkyl carbamates (subject to hydrolysis) is 1. The van der Waals surface area contributed by atoms with Crippen LogP contribution in [-0.4, -0.2) is 42.0 Å². The molecule has 1 atom stereocenters. The van der Waals surface area contributed by atoms with Gasteiger partial charge in [-0.1, -0.05) is 6.08 Å². The lowest BCUT2D eigenvalue weighted by atomic mass is 10.1. The first-order valence-electron chi connectivity index (χ1n) is 6.17. The first-order chi connectivity index (χ1) is 8.76. The molecule has 0 unspecified atom stereocenters. The van der Waals surface area contributed by atoms with Gasteiger partial charge in [0, 0.05) is 6.61 Å². The number of nitrogens with one attached hydrogen (secondary N) is 1. The average Bonchev–Trinajstić information content (AvgIpc) is 2.24. The number of carboxylic acid groups (broad SMARTS) is 1. The van der Waals surface area contributed by atoms with Crippen LogP contribution in [-0.2, 0) is 14.3 Å². The summed E-state index contributed by atoms with van der Waals surface area (Å²) in [4.78, 5) is 22.5. The lowest BCUT2D eigenvalue weighted by Gasteiger charge is -2.22. The summed E-state index contributed by atoms with van der Waals surface area (Å²) >= 11 is 0. The van der Waals surface area contributed by atoms with E-state index in [1.54, 1.807) is 26.8 Å². The van der Waals surface area contributed by atoms with Crippen LogP contribution in [0.25, 0.3) is 0 Å². The van der Waals surface area contributed by atoms with Crippen molar-refractivity contribution in [3.05, 3.63) is 12.7 Å². The fourth-order valence-electron chi connectivity index (χ4n) is 1.26. The number of hydrogen-bond acceptors (Lipinski definition) is 4. The second-order valence-corrected chi connectivity index (χ2v) is 5.04. The number of ether oxygens (including phenoxy) is 2. The summed E-state index contributed by atoms with van der Waals surface area (Å²) in [5, 5.41) is 11.3. The first kappa shape index (κ1) is 17.4. The second kappa shape index (κ2) is 8.53. The summed E-state index contributed by atoms with van der Waals surface area (Å²) in [6.45, 7) is 9.49. The summed E-state index contributed by atoms with van der Waals surface area (Å²) in [6, 6.07) is -0.970. The number of amides is 1. The molecule has 0 bridgehead atoms. The van der Waals surface area contributed by atoms with Crippen molar-refractivity contribution in [3.8, 4) is 0 Å². The first-order valence-corrected chi connectivity index (χ1v) is 6.17. The van der Waals surface area contributed by atoms with Gasteiger partial charge in [0.1, 0.15) is 11.6 Å². The number of hydrogen-bond donors (Lipinski definition) is 2. The van der Waals surface area contributed by atoms with Gasteiger partial charge in [-0.3, -0.25) is 0 Å². The quantitative estimate of drug-likeness (QED) is 0.521. The standard InChI is InChI=1S/C13H23NO5/c1-5-8-18-9-6-7-10(11(15)16)14-12(17)19-13(2,3)4/h5,10H,1,6-9H2,2-4H3,(H,14,17)(H,15,16)/t10-/m1/s1. The topological polar surface area (TPSA) is 84.9 Å². The van der Waals surface area contributed by atoms with Crippen molar-refractivity contribution < 1.29 is 24.2 Å². The van der Waals surface area contributed by atoms with Crippen LogP contribution in [0, 0.1) is 0 Å². The molecule has 6 nitrogen and oxygen atoms in total. The van der Waals surface area contributed by atoms with Crippen LogP contribution in [0.15, 0.2) is 12.7 Å². The van der Waals surface area contributed by atoms with Crippen molar-refractivity contribution in [3.63, 3.8) is 0 Å². The summed E-state index contributed by atoms with van der Waals surface area (Å²) in [5.41, 5.74) is -0.653. The summed E-state index contributed by atoms with van der Waals surface area (Å²) < 4.78 is 10.1. The minimum absolute atomic E-state index is 0.283. The molecular formula is C13H23NO5. The molecule has 0 rings (SSSR count). The third-order valence-electron chi connectivity index (χ3n) is 2.01. The van der Waals surface area contributed by atoms with Gasteiger partial charge in [0.05, 0.1) is 6.61 Å². The van der Waals surface area contributed by atoms with Gasteiger partial charge in [0.2, 0.25) is 0 Å². The monoisotopic (exact) mass is 273 g/mol. The van der Waals surface area contributed by atoms with Crippen LogP contribution >= 0.6 is 0 Å². The molecule has 110 valence electrons. The maximum atomic E-state index is 11.5. The van der Waals surface area contributed by atoms with Crippen molar-refractivity contribution >= 4 is 12.1 Å². The Morgan fingerprint density at radius 1 is 1.42 bits per heavy atom. The highest BCUT2D eigenvalue weighted by Crippen LogP contribution is 2.07. The molecule has 0 saturated heterocycles. The largest absolute Gasteiger partial charge is 0.480 e. The Balaban J connectivity index is 4.08. The fraction of sp³-hybridized carbons (Fsp3) is 0.692. The Morgan fingerprint density at radius 2 is 2.05 bits per heavy atom. The van der Waals surface area contributed by atoms with E-state index in [1.807, 2.05) is 0 Å². The minimum Gasteiger partial charge on any atom is -0.480 e. The van der Waals surface area contributed by atoms with Crippen LogP contribution in [0.4, 0.5) is 4.79 Å². The highest BCUT2D eigenvalue weighted by Gasteiger charge is 2.23. The van der Waals surface area contributed by atoms with Crippen LogP contribution in [0.2, 0.25) is 0 Å². The highest BCUT2D eigenvalue weighted by atomic mass is 16.6. The van der Waals surface area contributed by atoms with Crippen LogP contribution in [0.5, 0.6) is 0 Å². The maximum absolute atomic E-state index is 11.5. The molecule has 0 fully saturated rings. The van der Waals surface area contributed by atoms with Crippen molar-refractivity contribution in [1.29, 1.82) is 0 Å². The molecule has 2 N–H and O–H groups in total. The average molecular weight is 273 g/mol. The lowest BCUT2D eigenvalue weighted by Crippen LogP contribution is -2.43. The van der Waals surface area contributed by atoms with Gasteiger partial charge in [0.25, 0.3) is 0 Å². The third kappa shape index (κ3) is 10.1. The predicted molar refractivity (Wildman–Crippen MR) is 71.0 cm³/mol. The number of carbonyl (C=O) groups is 2. The molecule has 19 heavy (non-hydrogen) atoms. The Labute approximate surface area is 113 Å². The van der Waals surface area contributed by atoms with E-state index < -0.39 is 23.7 Å². The summed E-state index contributed by atoms with van der Waals surface area (Å²) in [6.07, 6.45) is 1.70. The second-order valence-electron chi connectivity index (χ2n) is 5.04. The van der Waals surface area contributed by atoms with E-state index in [9.17, 15) is 9.59 Å². The molecule has 0 radical (unpaired) electrons. The van der Waals surface area contributed by atoms with Crippen molar-refractivity contribution in [2.75, 3.05) is 13.2 Å². The highest BCUT2D eigenvalue weighted by molar-refractivity contribution is 5.79. The van der Waals surface area contributed by atoms with Crippen LogP contribution < -0.4 is 5.32 Å². The van der Waals surface area contributed by atoms with E-state index >= 15 is 0 Å². The Kier molecular flexibility index (Phi) is 7.83. The van der Waals surface area contributed by atoms with Crippen LogP contribution in [0.3, 0.4) is 0 Å². The number of rotatable bonds is 8. The van der Waals surface area contributed by atoms with E-state index in [1.165, 1.54) is 0 Å². The van der Waals surface area contributed by atoms with Crippen LogP contribution in [0.1, 0.15) is 33.6 Å². The smallest absolute Gasteiger partial charge is 0.408 e. The molecule has 0 saturated carbocycles. The van der Waals surface area contributed by atoms with Crippen molar-refractivity contribution in [1.82, 2.24) is 5.32 Å². The number of carbonyl (C=O) groups excluding carboxylic acids is 1. The normalized spacial score (nSPS) is 12.6. The molecule has 0 aliphatic heterocycles. The number of carboxylic acids is 1. The zero-order chi connectivity index (χ0) is 14.9. The van der Waals surface area contributed by atoms with Gasteiger partial charge in [-0.2, -0.15) is 0 Å². The Hall–Kier alpha value is -1.56. The van der Waals surface area contributed by atoms with Crippen molar-refractivity contribution in [2.45, 2.75) is 45.3 Å². The zero-order valence-corrected chi connectivity index (χ0v) is 11.8. The fourth-order valence-corrected chi connectivity index (χ4v) is 1.26. The summed E-state index contributed by atoms with van der Waals surface area (Å²) in [5.74, 6) is -1.09. The molecule has 1 amide bonds. The molecule has 0 spiro atoms. The zero-order valence-electron chi connectivity index (χ0n) is 11.8. The van der Waals surface area contributed by atoms with E-state index in [-0.39, 0.29) is 6.42 Å². The van der Waals surface area contributed by atoms with Gasteiger partial charge < -0.3 is 19.9 Å². The number of aliphatic carboxylic acids is 1. The molecule has 0 aliphatic carbocycles. The van der Waals surface area contributed by atoms with Gasteiger partial charge in [-0.25, -0.2) is 9.59 Å². The molecule has 0 aromatic rings. The third-order valence-corrected chi connectivity index (χ3v) is 2.01. The Morgan fingerprint density at radius 3 is 2.53 bits per heavy atom. The van der Waals surface area contributed by atoms with Crippen molar-refractivity contribution in [2.24, 2.45) is 0 Å². The molecular weight excluding hydrogens is 250 g/mol. The van der Waals surface area contributed by atoms with Gasteiger partial charge in [-0.15, -0.1) is 6.58 Å². The Bertz CT molecular complexity index is 309. The molecule has 0 heterocycles. The molecule has 0 aliphatic rings. The van der Waals surface area contributed by atoms with Gasteiger partial charge in [-0.05, 0) is 33.6 Å².